The van der Waals surface area contributed by atoms with E-state index in [0.717, 1.165) is 25.1 Å². The second-order valence-corrected chi connectivity index (χ2v) is 3.94. The highest BCUT2D eigenvalue weighted by Gasteiger charge is 2.27. The molecule has 1 N–H and O–H groups in total. The second kappa shape index (κ2) is 4.49. The molecule has 1 aromatic rings. The Hall–Kier alpha value is -1.29. The van der Waals surface area contributed by atoms with Crippen LogP contribution in [0.2, 0.25) is 0 Å². The highest BCUT2D eigenvalue weighted by molar-refractivity contribution is 5.81. The number of hydrogen-bond acceptors (Lipinski definition) is 3. The fourth-order valence-corrected chi connectivity index (χ4v) is 1.95. The fourth-order valence-electron chi connectivity index (χ4n) is 1.95. The van der Waals surface area contributed by atoms with Gasteiger partial charge in [0.15, 0.2) is 0 Å². The molecule has 0 spiro atoms. The van der Waals surface area contributed by atoms with Crippen LogP contribution in [0.3, 0.4) is 0 Å². The molecule has 1 saturated heterocycles. The lowest BCUT2D eigenvalue weighted by atomic mass is 10.2. The molecule has 15 heavy (non-hydrogen) atoms. The van der Waals surface area contributed by atoms with Gasteiger partial charge in [0.25, 0.3) is 0 Å². The van der Waals surface area contributed by atoms with Gasteiger partial charge in [-0.1, -0.05) is 0 Å². The van der Waals surface area contributed by atoms with Gasteiger partial charge in [0.1, 0.15) is 5.76 Å². The molecule has 1 atom stereocenters. The van der Waals surface area contributed by atoms with Crippen molar-refractivity contribution in [2.75, 3.05) is 13.6 Å². The third-order valence-corrected chi connectivity index (χ3v) is 2.84. The van der Waals surface area contributed by atoms with Crippen LogP contribution >= 0.6 is 0 Å². The summed E-state index contributed by atoms with van der Waals surface area (Å²) in [6, 6.07) is 3.72. The van der Waals surface area contributed by atoms with Crippen molar-refractivity contribution in [2.45, 2.75) is 25.4 Å². The largest absolute Gasteiger partial charge is 0.467 e. The minimum atomic E-state index is 0.0416. The van der Waals surface area contributed by atoms with Crippen LogP contribution in [0.15, 0.2) is 22.8 Å². The molecule has 1 amide bonds. The summed E-state index contributed by atoms with van der Waals surface area (Å²) in [5.74, 6) is 0.899. The van der Waals surface area contributed by atoms with E-state index in [1.165, 1.54) is 0 Å². The maximum absolute atomic E-state index is 11.8. The maximum Gasteiger partial charge on any atom is 0.237 e. The molecule has 0 bridgehead atoms. The van der Waals surface area contributed by atoms with Gasteiger partial charge in [-0.15, -0.1) is 0 Å². The summed E-state index contributed by atoms with van der Waals surface area (Å²) in [5.41, 5.74) is 0. The molecule has 4 nitrogen and oxygen atoms in total. The fraction of sp³-hybridized carbons (Fsp3) is 0.545. The molecule has 0 radical (unpaired) electrons. The van der Waals surface area contributed by atoms with Crippen LogP contribution in [0.5, 0.6) is 0 Å². The molecule has 1 aromatic heterocycles. The topological polar surface area (TPSA) is 45.5 Å². The Bertz CT molecular complexity index is 321. The van der Waals surface area contributed by atoms with Crippen LogP contribution < -0.4 is 5.32 Å². The molecule has 0 saturated carbocycles. The first-order chi connectivity index (χ1) is 7.27. The summed E-state index contributed by atoms with van der Waals surface area (Å²) in [5, 5.41) is 2.88. The van der Waals surface area contributed by atoms with Crippen LogP contribution in [0.1, 0.15) is 18.6 Å². The standard InChI is InChI=1S/C11H16N2O2/c1-13-6-2-5-10(13)11(14)12-8-9-4-3-7-15-9/h3-4,7,10H,2,5-6,8H2,1H3,(H,12,14). The van der Waals surface area contributed by atoms with Gasteiger partial charge in [0.05, 0.1) is 18.8 Å². The van der Waals surface area contributed by atoms with Crippen LogP contribution in [0, 0.1) is 0 Å². The lowest BCUT2D eigenvalue weighted by Gasteiger charge is -2.18. The van der Waals surface area contributed by atoms with E-state index in [2.05, 4.69) is 10.2 Å². The van der Waals surface area contributed by atoms with Crippen LogP contribution in [-0.2, 0) is 11.3 Å². The van der Waals surface area contributed by atoms with E-state index in [0.29, 0.717) is 6.54 Å². The first-order valence-electron chi connectivity index (χ1n) is 5.27. The minimum absolute atomic E-state index is 0.0416. The molecule has 1 aliphatic rings. The molecular weight excluding hydrogens is 192 g/mol. The Kier molecular flexibility index (Phi) is 3.06. The number of carbonyl (C=O) groups excluding carboxylic acids is 1. The minimum Gasteiger partial charge on any atom is -0.467 e. The number of likely N-dealkylation sites (tertiary alicyclic amines) is 1. The van der Waals surface area contributed by atoms with Crippen molar-refractivity contribution in [1.29, 1.82) is 0 Å². The Labute approximate surface area is 89.2 Å². The summed E-state index contributed by atoms with van der Waals surface area (Å²) in [6.45, 7) is 1.50. The molecule has 1 unspecified atom stereocenters. The first kappa shape index (κ1) is 10.2. The van der Waals surface area contributed by atoms with E-state index in [1.54, 1.807) is 6.26 Å². The first-order valence-corrected chi connectivity index (χ1v) is 5.27. The van der Waals surface area contributed by atoms with Crippen molar-refractivity contribution in [3.63, 3.8) is 0 Å². The van der Waals surface area contributed by atoms with Crippen molar-refractivity contribution in [2.24, 2.45) is 0 Å². The summed E-state index contributed by atoms with van der Waals surface area (Å²) in [4.78, 5) is 13.9. The lowest BCUT2D eigenvalue weighted by molar-refractivity contribution is -0.125. The Morgan fingerprint density at radius 3 is 3.20 bits per heavy atom. The zero-order valence-corrected chi connectivity index (χ0v) is 8.90. The Morgan fingerprint density at radius 1 is 1.73 bits per heavy atom. The van der Waals surface area contributed by atoms with Crippen molar-refractivity contribution < 1.29 is 9.21 Å². The number of carbonyl (C=O) groups is 1. The van der Waals surface area contributed by atoms with Gasteiger partial charge in [-0.25, -0.2) is 0 Å². The molecule has 2 heterocycles. The van der Waals surface area contributed by atoms with Crippen molar-refractivity contribution in [3.8, 4) is 0 Å². The zero-order valence-electron chi connectivity index (χ0n) is 8.90. The van der Waals surface area contributed by atoms with Gasteiger partial charge in [0, 0.05) is 0 Å². The average Bonchev–Trinajstić information content (AvgIpc) is 2.84. The number of likely N-dealkylation sites (N-methyl/N-ethyl adjacent to an activating group) is 1. The highest BCUT2D eigenvalue weighted by atomic mass is 16.3. The van der Waals surface area contributed by atoms with Gasteiger partial charge in [0.2, 0.25) is 5.91 Å². The maximum atomic E-state index is 11.8. The Morgan fingerprint density at radius 2 is 2.60 bits per heavy atom. The summed E-state index contributed by atoms with van der Waals surface area (Å²) >= 11 is 0. The highest BCUT2D eigenvalue weighted by Crippen LogP contribution is 2.14. The predicted molar refractivity (Wildman–Crippen MR) is 56.2 cm³/mol. The molecular formula is C11H16N2O2. The summed E-state index contributed by atoms with van der Waals surface area (Å²) in [7, 11) is 1.99. The lowest BCUT2D eigenvalue weighted by Crippen LogP contribution is -2.40. The SMILES string of the molecule is CN1CCCC1C(=O)NCc1ccco1. The third-order valence-electron chi connectivity index (χ3n) is 2.84. The van der Waals surface area contributed by atoms with Crippen LogP contribution in [-0.4, -0.2) is 30.4 Å². The normalized spacial score (nSPS) is 21.8. The van der Waals surface area contributed by atoms with E-state index >= 15 is 0 Å². The number of furan rings is 1. The predicted octanol–water partition coefficient (Wildman–Crippen LogP) is 0.990. The number of nitrogens with zero attached hydrogens (tertiary/aromatic N) is 1. The quantitative estimate of drug-likeness (QED) is 0.805. The summed E-state index contributed by atoms with van der Waals surface area (Å²) < 4.78 is 5.15. The van der Waals surface area contributed by atoms with Gasteiger partial charge >= 0.3 is 0 Å². The van der Waals surface area contributed by atoms with Gasteiger partial charge in [-0.05, 0) is 38.6 Å². The molecule has 1 fully saturated rings. The van der Waals surface area contributed by atoms with Crippen molar-refractivity contribution in [3.05, 3.63) is 24.2 Å². The molecule has 0 aromatic carbocycles. The number of hydrogen-bond donors (Lipinski definition) is 1. The second-order valence-electron chi connectivity index (χ2n) is 3.94. The van der Waals surface area contributed by atoms with Crippen LogP contribution in [0.4, 0.5) is 0 Å². The van der Waals surface area contributed by atoms with Gasteiger partial charge in [-0.2, -0.15) is 0 Å². The van der Waals surface area contributed by atoms with E-state index in [9.17, 15) is 4.79 Å². The van der Waals surface area contributed by atoms with E-state index < -0.39 is 0 Å². The summed E-state index contributed by atoms with van der Waals surface area (Å²) in [6.07, 6.45) is 3.68. The molecule has 82 valence electrons. The smallest absolute Gasteiger partial charge is 0.237 e. The van der Waals surface area contributed by atoms with Crippen molar-refractivity contribution >= 4 is 5.91 Å². The zero-order chi connectivity index (χ0) is 10.7. The molecule has 1 aliphatic heterocycles. The van der Waals surface area contributed by atoms with Gasteiger partial charge < -0.3 is 9.73 Å². The number of rotatable bonds is 3. The van der Waals surface area contributed by atoms with E-state index in [-0.39, 0.29) is 11.9 Å². The van der Waals surface area contributed by atoms with E-state index in [4.69, 9.17) is 4.42 Å². The molecule has 0 aliphatic carbocycles. The Balaban J connectivity index is 1.82. The molecule has 4 heteroatoms. The number of nitrogens with one attached hydrogen (secondary N) is 1. The monoisotopic (exact) mass is 208 g/mol. The van der Waals surface area contributed by atoms with E-state index in [1.807, 2.05) is 19.2 Å². The third kappa shape index (κ3) is 2.39. The molecule has 2 rings (SSSR count). The van der Waals surface area contributed by atoms with Crippen molar-refractivity contribution in [1.82, 2.24) is 10.2 Å². The van der Waals surface area contributed by atoms with Crippen LogP contribution in [0.25, 0.3) is 0 Å². The number of amides is 1. The average molecular weight is 208 g/mol. The van der Waals surface area contributed by atoms with Gasteiger partial charge in [-0.3, -0.25) is 9.69 Å².